The van der Waals surface area contributed by atoms with Gasteiger partial charge >= 0.3 is 0 Å². The fraction of sp³-hybridized carbons (Fsp3) is 0.375. The van der Waals surface area contributed by atoms with Gasteiger partial charge < -0.3 is 10.6 Å². The Bertz CT molecular complexity index is 603. The van der Waals surface area contributed by atoms with E-state index in [1.165, 1.54) is 27.7 Å². The van der Waals surface area contributed by atoms with Crippen molar-refractivity contribution >= 4 is 22.1 Å². The number of hydrogen-bond donors (Lipinski definition) is 2. The van der Waals surface area contributed by atoms with E-state index in [9.17, 15) is 0 Å². The summed E-state index contributed by atoms with van der Waals surface area (Å²) >= 11 is 0. The summed E-state index contributed by atoms with van der Waals surface area (Å²) in [5.41, 5.74) is 3.82. The van der Waals surface area contributed by atoms with Gasteiger partial charge in [-0.2, -0.15) is 0 Å². The third-order valence-corrected chi connectivity index (χ3v) is 3.82. The molecule has 1 unspecified atom stereocenters. The topological polar surface area (TPSA) is 24.1 Å². The van der Waals surface area contributed by atoms with Gasteiger partial charge in [0, 0.05) is 16.8 Å². The molecule has 0 aliphatic carbocycles. The summed E-state index contributed by atoms with van der Waals surface area (Å²) in [4.78, 5) is 0. The van der Waals surface area contributed by atoms with E-state index >= 15 is 0 Å². The van der Waals surface area contributed by atoms with E-state index in [1.807, 2.05) is 0 Å². The second-order valence-corrected chi connectivity index (χ2v) is 5.49. The van der Waals surface area contributed by atoms with Crippen LogP contribution in [-0.2, 0) is 0 Å². The van der Waals surface area contributed by atoms with E-state index < -0.39 is 0 Å². The van der Waals surface area contributed by atoms with Crippen molar-refractivity contribution in [2.45, 2.75) is 39.3 Å². The van der Waals surface area contributed by atoms with Gasteiger partial charge in [-0.1, -0.05) is 37.6 Å². The zero-order chi connectivity index (χ0) is 12.8. The van der Waals surface area contributed by atoms with Gasteiger partial charge in [-0.05, 0) is 37.3 Å². The lowest BCUT2D eigenvalue weighted by Gasteiger charge is -2.39. The van der Waals surface area contributed by atoms with Crippen LogP contribution in [0, 0.1) is 6.92 Å². The van der Waals surface area contributed by atoms with Crippen LogP contribution in [-0.4, -0.2) is 5.66 Å². The zero-order valence-electron chi connectivity index (χ0n) is 11.3. The SMILES string of the molecule is CCCC1(C)Nc2cccc3ccc(C)c(c23)N1. The Morgan fingerprint density at radius 2 is 1.94 bits per heavy atom. The van der Waals surface area contributed by atoms with Crippen molar-refractivity contribution in [1.82, 2.24) is 0 Å². The Morgan fingerprint density at radius 3 is 2.72 bits per heavy atom. The van der Waals surface area contributed by atoms with Crippen LogP contribution >= 0.6 is 0 Å². The van der Waals surface area contributed by atoms with Crippen molar-refractivity contribution in [3.63, 3.8) is 0 Å². The molecule has 0 amide bonds. The monoisotopic (exact) mass is 240 g/mol. The number of hydrogen-bond acceptors (Lipinski definition) is 2. The lowest BCUT2D eigenvalue weighted by Crippen LogP contribution is -2.45. The standard InChI is InChI=1S/C16H20N2/c1-4-10-16(3)17-13-7-5-6-12-9-8-11(2)15(18-16)14(12)13/h5-9,17-18H,4,10H2,1-3H3. The molecule has 1 aliphatic heterocycles. The van der Waals surface area contributed by atoms with Crippen LogP contribution in [0.25, 0.3) is 10.8 Å². The van der Waals surface area contributed by atoms with E-state index in [2.05, 4.69) is 61.7 Å². The molecule has 94 valence electrons. The van der Waals surface area contributed by atoms with E-state index in [1.54, 1.807) is 0 Å². The smallest absolute Gasteiger partial charge is 0.105 e. The van der Waals surface area contributed by atoms with E-state index in [-0.39, 0.29) is 5.66 Å². The predicted molar refractivity (Wildman–Crippen MR) is 79.2 cm³/mol. The van der Waals surface area contributed by atoms with Crippen molar-refractivity contribution in [3.8, 4) is 0 Å². The van der Waals surface area contributed by atoms with Crippen molar-refractivity contribution in [2.24, 2.45) is 0 Å². The average Bonchev–Trinajstić information content (AvgIpc) is 2.33. The molecule has 0 fully saturated rings. The second-order valence-electron chi connectivity index (χ2n) is 5.49. The lowest BCUT2D eigenvalue weighted by atomic mass is 9.95. The molecular weight excluding hydrogens is 220 g/mol. The van der Waals surface area contributed by atoms with E-state index in [0.717, 1.165) is 12.8 Å². The summed E-state index contributed by atoms with van der Waals surface area (Å²) in [6.45, 7) is 6.64. The maximum atomic E-state index is 3.70. The number of aryl methyl sites for hydroxylation is 1. The number of nitrogens with one attached hydrogen (secondary N) is 2. The van der Waals surface area contributed by atoms with Crippen molar-refractivity contribution < 1.29 is 0 Å². The third-order valence-electron chi connectivity index (χ3n) is 3.82. The van der Waals surface area contributed by atoms with Crippen LogP contribution in [0.4, 0.5) is 11.4 Å². The maximum Gasteiger partial charge on any atom is 0.105 e. The second kappa shape index (κ2) is 3.91. The highest BCUT2D eigenvalue weighted by Gasteiger charge is 2.29. The minimum atomic E-state index is -0.0395. The summed E-state index contributed by atoms with van der Waals surface area (Å²) in [6, 6.07) is 10.9. The fourth-order valence-corrected chi connectivity index (χ4v) is 2.98. The van der Waals surface area contributed by atoms with Gasteiger partial charge in [0.05, 0.1) is 0 Å². The largest absolute Gasteiger partial charge is 0.363 e. The summed E-state index contributed by atoms with van der Waals surface area (Å²) in [5, 5.41) is 9.97. The molecule has 2 aromatic rings. The first-order valence-electron chi connectivity index (χ1n) is 6.72. The van der Waals surface area contributed by atoms with Crippen LogP contribution in [0.3, 0.4) is 0 Å². The molecule has 2 heteroatoms. The molecule has 0 bridgehead atoms. The Morgan fingerprint density at radius 1 is 1.11 bits per heavy atom. The molecule has 0 aromatic heterocycles. The predicted octanol–water partition coefficient (Wildman–Crippen LogP) is 4.50. The van der Waals surface area contributed by atoms with Gasteiger partial charge in [0.15, 0.2) is 0 Å². The molecule has 0 spiro atoms. The van der Waals surface area contributed by atoms with Gasteiger partial charge in [0.1, 0.15) is 5.66 Å². The van der Waals surface area contributed by atoms with Gasteiger partial charge in [-0.25, -0.2) is 0 Å². The maximum absolute atomic E-state index is 3.70. The minimum absolute atomic E-state index is 0.0395. The van der Waals surface area contributed by atoms with Gasteiger partial charge in [-0.3, -0.25) is 0 Å². The highest BCUT2D eigenvalue weighted by atomic mass is 15.2. The molecule has 1 aliphatic rings. The van der Waals surface area contributed by atoms with Crippen molar-refractivity contribution in [2.75, 3.05) is 10.6 Å². The molecule has 0 saturated heterocycles. The first-order valence-corrected chi connectivity index (χ1v) is 6.72. The average molecular weight is 240 g/mol. The van der Waals surface area contributed by atoms with Crippen LogP contribution in [0.1, 0.15) is 32.3 Å². The Balaban J connectivity index is 2.22. The fourth-order valence-electron chi connectivity index (χ4n) is 2.98. The molecule has 1 heterocycles. The summed E-state index contributed by atoms with van der Waals surface area (Å²) in [5.74, 6) is 0. The van der Waals surface area contributed by atoms with Gasteiger partial charge in [-0.15, -0.1) is 0 Å². The number of rotatable bonds is 2. The van der Waals surface area contributed by atoms with Gasteiger partial charge in [0.2, 0.25) is 0 Å². The summed E-state index contributed by atoms with van der Waals surface area (Å²) in [7, 11) is 0. The Kier molecular flexibility index (Phi) is 2.47. The molecule has 0 saturated carbocycles. The highest BCUT2D eigenvalue weighted by molar-refractivity contribution is 6.06. The molecule has 0 radical (unpaired) electrons. The van der Waals surface area contributed by atoms with E-state index in [0.29, 0.717) is 0 Å². The van der Waals surface area contributed by atoms with Crippen LogP contribution in [0.5, 0.6) is 0 Å². The Labute approximate surface area is 108 Å². The zero-order valence-corrected chi connectivity index (χ0v) is 11.3. The summed E-state index contributed by atoms with van der Waals surface area (Å²) in [6.07, 6.45) is 2.27. The third kappa shape index (κ3) is 1.64. The highest BCUT2D eigenvalue weighted by Crippen LogP contribution is 2.40. The lowest BCUT2D eigenvalue weighted by molar-refractivity contribution is 0.523. The van der Waals surface area contributed by atoms with E-state index in [4.69, 9.17) is 0 Å². The quantitative estimate of drug-likeness (QED) is 0.807. The number of anilines is 2. The normalized spacial score (nSPS) is 21.5. The van der Waals surface area contributed by atoms with Gasteiger partial charge in [0.25, 0.3) is 0 Å². The molecule has 18 heavy (non-hydrogen) atoms. The van der Waals surface area contributed by atoms with Crippen molar-refractivity contribution in [3.05, 3.63) is 35.9 Å². The van der Waals surface area contributed by atoms with Crippen LogP contribution in [0.2, 0.25) is 0 Å². The molecule has 2 N–H and O–H groups in total. The molecule has 2 nitrogen and oxygen atoms in total. The number of benzene rings is 2. The summed E-state index contributed by atoms with van der Waals surface area (Å²) < 4.78 is 0. The molecule has 2 aromatic carbocycles. The minimum Gasteiger partial charge on any atom is -0.363 e. The molecule has 1 atom stereocenters. The Hall–Kier alpha value is -1.70. The first-order chi connectivity index (χ1) is 8.63. The first kappa shape index (κ1) is 11.4. The van der Waals surface area contributed by atoms with Crippen LogP contribution in [0.15, 0.2) is 30.3 Å². The van der Waals surface area contributed by atoms with Crippen molar-refractivity contribution in [1.29, 1.82) is 0 Å². The molecule has 3 rings (SSSR count). The molecular formula is C16H20N2. The van der Waals surface area contributed by atoms with Crippen LogP contribution < -0.4 is 10.6 Å².